The van der Waals surface area contributed by atoms with Crippen molar-refractivity contribution in [1.29, 1.82) is 0 Å². The van der Waals surface area contributed by atoms with E-state index in [1.54, 1.807) is 0 Å². The Hall–Kier alpha value is -1.98. The van der Waals surface area contributed by atoms with Gasteiger partial charge < -0.3 is 10.1 Å². The van der Waals surface area contributed by atoms with Crippen molar-refractivity contribution in [2.24, 2.45) is 0 Å². The third kappa shape index (κ3) is 1.73. The number of aliphatic carboxylic acids is 1. The molecule has 0 aliphatic rings. The lowest BCUT2D eigenvalue weighted by Gasteiger charge is -2.07. The second kappa shape index (κ2) is 3.88. The van der Waals surface area contributed by atoms with Gasteiger partial charge in [-0.2, -0.15) is 0 Å². The number of alkyl halides is 2. The van der Waals surface area contributed by atoms with E-state index in [2.05, 4.69) is 9.97 Å². The van der Waals surface area contributed by atoms with Gasteiger partial charge >= 0.3 is 5.97 Å². The van der Waals surface area contributed by atoms with E-state index in [1.807, 2.05) is 0 Å². The van der Waals surface area contributed by atoms with Crippen molar-refractivity contribution in [1.82, 2.24) is 9.97 Å². The molecule has 0 aliphatic carbocycles. The topological polar surface area (TPSA) is 66.0 Å². The van der Waals surface area contributed by atoms with Gasteiger partial charge in [0.25, 0.3) is 6.43 Å². The van der Waals surface area contributed by atoms with Crippen LogP contribution in [0.1, 0.15) is 17.6 Å². The standard InChI is InChI=1S/C10H8F2N2O2/c11-10(12)5-1-2-7-9(14-4-13-7)6(5)3-8(15)16/h1-2,4,10H,3H2,(H,13,14)(H,15,16). The Morgan fingerprint density at radius 1 is 1.50 bits per heavy atom. The second-order valence-corrected chi connectivity index (χ2v) is 3.30. The fourth-order valence-electron chi connectivity index (χ4n) is 1.62. The number of aromatic nitrogens is 2. The molecule has 16 heavy (non-hydrogen) atoms. The van der Waals surface area contributed by atoms with Gasteiger partial charge in [0.05, 0.1) is 23.8 Å². The molecule has 1 aromatic carbocycles. The van der Waals surface area contributed by atoms with Crippen LogP contribution in [0, 0.1) is 0 Å². The van der Waals surface area contributed by atoms with Gasteiger partial charge in [0, 0.05) is 5.56 Å². The number of carboxylic acids is 1. The molecular weight excluding hydrogens is 218 g/mol. The summed E-state index contributed by atoms with van der Waals surface area (Å²) in [6, 6.07) is 2.69. The highest BCUT2D eigenvalue weighted by molar-refractivity contribution is 5.84. The number of carbonyl (C=O) groups is 1. The molecule has 2 aromatic rings. The Morgan fingerprint density at radius 2 is 2.25 bits per heavy atom. The number of nitrogens with one attached hydrogen (secondary N) is 1. The first-order valence-electron chi connectivity index (χ1n) is 4.54. The number of aromatic amines is 1. The number of carboxylic acid groups (broad SMARTS) is 1. The summed E-state index contributed by atoms with van der Waals surface area (Å²) in [4.78, 5) is 17.2. The van der Waals surface area contributed by atoms with Crippen LogP contribution in [0.5, 0.6) is 0 Å². The van der Waals surface area contributed by atoms with E-state index in [-0.39, 0.29) is 11.1 Å². The molecule has 84 valence electrons. The smallest absolute Gasteiger partial charge is 0.307 e. The molecule has 1 heterocycles. The predicted octanol–water partition coefficient (Wildman–Crippen LogP) is 2.13. The van der Waals surface area contributed by atoms with Crippen molar-refractivity contribution in [3.05, 3.63) is 29.6 Å². The average Bonchev–Trinajstić information content (AvgIpc) is 2.64. The van der Waals surface area contributed by atoms with Crippen LogP contribution in [-0.4, -0.2) is 21.0 Å². The molecular formula is C10H8F2N2O2. The normalized spacial score (nSPS) is 11.2. The molecule has 0 saturated carbocycles. The summed E-state index contributed by atoms with van der Waals surface area (Å²) in [6.07, 6.45) is -1.80. The minimum absolute atomic E-state index is 0.0706. The summed E-state index contributed by atoms with van der Waals surface area (Å²) in [5.41, 5.74) is 0.643. The first kappa shape index (κ1) is 10.5. The molecule has 2 N–H and O–H groups in total. The van der Waals surface area contributed by atoms with Crippen molar-refractivity contribution in [2.75, 3.05) is 0 Å². The Morgan fingerprint density at radius 3 is 2.88 bits per heavy atom. The van der Waals surface area contributed by atoms with E-state index >= 15 is 0 Å². The van der Waals surface area contributed by atoms with Crippen LogP contribution in [0.2, 0.25) is 0 Å². The highest BCUT2D eigenvalue weighted by Gasteiger charge is 2.18. The number of rotatable bonds is 3. The van der Waals surface area contributed by atoms with Gasteiger partial charge in [-0.25, -0.2) is 13.8 Å². The van der Waals surface area contributed by atoms with Crippen LogP contribution >= 0.6 is 0 Å². The zero-order valence-corrected chi connectivity index (χ0v) is 8.08. The van der Waals surface area contributed by atoms with Crippen LogP contribution in [0.3, 0.4) is 0 Å². The van der Waals surface area contributed by atoms with Crippen LogP contribution in [-0.2, 0) is 11.2 Å². The first-order chi connectivity index (χ1) is 7.59. The molecule has 0 aliphatic heterocycles. The van der Waals surface area contributed by atoms with E-state index in [4.69, 9.17) is 5.11 Å². The van der Waals surface area contributed by atoms with Crippen LogP contribution < -0.4 is 0 Å². The predicted molar refractivity (Wildman–Crippen MR) is 52.4 cm³/mol. The summed E-state index contributed by atoms with van der Waals surface area (Å²) < 4.78 is 25.4. The molecule has 0 fully saturated rings. The van der Waals surface area contributed by atoms with Crippen LogP contribution in [0.25, 0.3) is 11.0 Å². The maximum atomic E-state index is 12.7. The zero-order chi connectivity index (χ0) is 11.7. The molecule has 0 unspecified atom stereocenters. The third-order valence-electron chi connectivity index (χ3n) is 2.30. The van der Waals surface area contributed by atoms with Gasteiger partial charge in [0.2, 0.25) is 0 Å². The average molecular weight is 226 g/mol. The maximum Gasteiger partial charge on any atom is 0.307 e. The maximum absolute atomic E-state index is 12.7. The lowest BCUT2D eigenvalue weighted by molar-refractivity contribution is -0.136. The van der Waals surface area contributed by atoms with Crippen molar-refractivity contribution >= 4 is 17.0 Å². The minimum Gasteiger partial charge on any atom is -0.481 e. The van der Waals surface area contributed by atoms with Crippen molar-refractivity contribution < 1.29 is 18.7 Å². The molecule has 0 saturated heterocycles. The molecule has 0 atom stereocenters. The van der Waals surface area contributed by atoms with Crippen LogP contribution in [0.15, 0.2) is 18.5 Å². The van der Waals surface area contributed by atoms with Gasteiger partial charge in [-0.3, -0.25) is 4.79 Å². The fraction of sp³-hybridized carbons (Fsp3) is 0.200. The second-order valence-electron chi connectivity index (χ2n) is 3.30. The van der Waals surface area contributed by atoms with Gasteiger partial charge in [0.15, 0.2) is 0 Å². The van der Waals surface area contributed by atoms with E-state index in [0.29, 0.717) is 11.0 Å². The Labute approximate surface area is 88.9 Å². The third-order valence-corrected chi connectivity index (χ3v) is 2.30. The first-order valence-corrected chi connectivity index (χ1v) is 4.54. The van der Waals surface area contributed by atoms with Gasteiger partial charge in [-0.15, -0.1) is 0 Å². The summed E-state index contributed by atoms with van der Waals surface area (Å²) in [7, 11) is 0. The molecule has 0 bridgehead atoms. The Bertz CT molecular complexity index is 537. The lowest BCUT2D eigenvalue weighted by Crippen LogP contribution is -2.05. The number of imidazole rings is 1. The lowest BCUT2D eigenvalue weighted by atomic mass is 10.0. The number of hydrogen-bond donors (Lipinski definition) is 2. The quantitative estimate of drug-likeness (QED) is 0.842. The number of fused-ring (bicyclic) bond motifs is 1. The summed E-state index contributed by atoms with van der Waals surface area (Å²) >= 11 is 0. The molecule has 0 spiro atoms. The number of H-pyrrole nitrogens is 1. The zero-order valence-electron chi connectivity index (χ0n) is 8.08. The molecule has 4 nitrogen and oxygen atoms in total. The SMILES string of the molecule is O=C(O)Cc1c(C(F)F)ccc2[nH]cnc12. The van der Waals surface area contributed by atoms with Crippen molar-refractivity contribution in [3.63, 3.8) is 0 Å². The Kier molecular flexibility index (Phi) is 2.55. The van der Waals surface area contributed by atoms with E-state index in [0.717, 1.165) is 0 Å². The minimum atomic E-state index is -2.70. The van der Waals surface area contributed by atoms with E-state index in [9.17, 15) is 13.6 Å². The number of benzene rings is 1. The largest absolute Gasteiger partial charge is 0.481 e. The number of nitrogens with zero attached hydrogens (tertiary/aromatic N) is 1. The van der Waals surface area contributed by atoms with Crippen molar-refractivity contribution in [3.8, 4) is 0 Å². The van der Waals surface area contributed by atoms with Gasteiger partial charge in [-0.1, -0.05) is 6.07 Å². The summed E-state index contributed by atoms with van der Waals surface area (Å²) in [5, 5.41) is 8.69. The summed E-state index contributed by atoms with van der Waals surface area (Å²) in [6.45, 7) is 0. The molecule has 6 heteroatoms. The Balaban J connectivity index is 2.65. The fourth-order valence-corrected chi connectivity index (χ4v) is 1.62. The molecule has 1 aromatic heterocycles. The van der Waals surface area contributed by atoms with Gasteiger partial charge in [-0.05, 0) is 11.6 Å². The van der Waals surface area contributed by atoms with E-state index < -0.39 is 18.8 Å². The molecule has 2 rings (SSSR count). The monoisotopic (exact) mass is 226 g/mol. The van der Waals surface area contributed by atoms with Crippen LogP contribution in [0.4, 0.5) is 8.78 Å². The highest BCUT2D eigenvalue weighted by Crippen LogP contribution is 2.28. The summed E-state index contributed by atoms with van der Waals surface area (Å²) in [5.74, 6) is -1.16. The van der Waals surface area contributed by atoms with Gasteiger partial charge in [0.1, 0.15) is 0 Å². The molecule has 0 radical (unpaired) electrons. The van der Waals surface area contributed by atoms with E-state index in [1.165, 1.54) is 18.5 Å². The highest BCUT2D eigenvalue weighted by atomic mass is 19.3. The molecule has 0 amide bonds. The van der Waals surface area contributed by atoms with Crippen molar-refractivity contribution in [2.45, 2.75) is 12.8 Å². The number of hydrogen-bond acceptors (Lipinski definition) is 2. The number of halogens is 2.